The highest BCUT2D eigenvalue weighted by Crippen LogP contribution is 2.14. The number of hydrogen-bond donors (Lipinski definition) is 1. The highest BCUT2D eigenvalue weighted by Gasteiger charge is 2.18. The van der Waals surface area contributed by atoms with Crippen molar-refractivity contribution in [2.45, 2.75) is 39.3 Å². The van der Waals surface area contributed by atoms with Gasteiger partial charge in [-0.3, -0.25) is 9.48 Å². The molecular formula is C18H23N3O3. The summed E-state index contributed by atoms with van der Waals surface area (Å²) in [5, 5.41) is 7.00. The first kappa shape index (κ1) is 17.7. The first-order valence-corrected chi connectivity index (χ1v) is 7.78. The molecule has 1 heterocycles. The van der Waals surface area contributed by atoms with E-state index < -0.39 is 11.6 Å². The molecular weight excluding hydrogens is 306 g/mol. The molecule has 0 saturated heterocycles. The van der Waals surface area contributed by atoms with Gasteiger partial charge in [0.05, 0.1) is 17.8 Å². The number of rotatable bonds is 4. The number of aryl methyl sites for hydroxylation is 1. The number of nitrogens with one attached hydrogen (secondary N) is 1. The molecule has 24 heavy (non-hydrogen) atoms. The van der Waals surface area contributed by atoms with E-state index >= 15 is 0 Å². The minimum absolute atomic E-state index is 0.156. The molecule has 128 valence electrons. The van der Waals surface area contributed by atoms with Gasteiger partial charge in [-0.25, -0.2) is 4.79 Å². The van der Waals surface area contributed by atoms with Crippen LogP contribution in [0.2, 0.25) is 0 Å². The molecule has 0 spiro atoms. The van der Waals surface area contributed by atoms with Crippen LogP contribution in [0.5, 0.6) is 0 Å². The fourth-order valence-corrected chi connectivity index (χ4v) is 2.12. The van der Waals surface area contributed by atoms with Crippen LogP contribution in [0.4, 0.5) is 0 Å². The number of hydrogen-bond acceptors (Lipinski definition) is 4. The molecule has 1 unspecified atom stereocenters. The predicted molar refractivity (Wildman–Crippen MR) is 90.7 cm³/mol. The maximum Gasteiger partial charge on any atom is 0.338 e. The maximum atomic E-state index is 12.3. The fraction of sp³-hybridized carbons (Fsp3) is 0.389. The van der Waals surface area contributed by atoms with Crippen molar-refractivity contribution in [1.29, 1.82) is 0 Å². The van der Waals surface area contributed by atoms with Crippen LogP contribution in [0.1, 0.15) is 60.0 Å². The van der Waals surface area contributed by atoms with E-state index in [9.17, 15) is 9.59 Å². The second kappa shape index (κ2) is 6.86. The van der Waals surface area contributed by atoms with Gasteiger partial charge in [0.25, 0.3) is 5.91 Å². The summed E-state index contributed by atoms with van der Waals surface area (Å²) in [6, 6.07) is 6.27. The average molecular weight is 329 g/mol. The van der Waals surface area contributed by atoms with Crippen LogP contribution in [0.25, 0.3) is 0 Å². The van der Waals surface area contributed by atoms with Gasteiger partial charge in [-0.05, 0) is 52.0 Å². The Morgan fingerprint density at radius 2 is 1.75 bits per heavy atom. The Hall–Kier alpha value is -2.63. The van der Waals surface area contributed by atoms with Crippen LogP contribution < -0.4 is 5.32 Å². The summed E-state index contributed by atoms with van der Waals surface area (Å²) in [5.74, 6) is -0.611. The van der Waals surface area contributed by atoms with Gasteiger partial charge in [0.15, 0.2) is 0 Å². The Kier molecular flexibility index (Phi) is 5.07. The maximum absolute atomic E-state index is 12.3. The standard InChI is InChI=1S/C18H23N3O3/c1-12(15-10-19-21(5)11-15)20-16(22)13-6-8-14(9-7-13)17(23)24-18(2,3)4/h6-12H,1-5H3,(H,20,22). The van der Waals surface area contributed by atoms with Gasteiger partial charge in [-0.1, -0.05) is 0 Å². The SMILES string of the molecule is CC(NC(=O)c1ccc(C(=O)OC(C)(C)C)cc1)c1cnn(C)c1. The van der Waals surface area contributed by atoms with E-state index in [-0.39, 0.29) is 11.9 Å². The highest BCUT2D eigenvalue weighted by molar-refractivity contribution is 5.96. The van der Waals surface area contributed by atoms with Gasteiger partial charge in [0.1, 0.15) is 5.60 Å². The van der Waals surface area contributed by atoms with Gasteiger partial charge < -0.3 is 10.1 Å². The van der Waals surface area contributed by atoms with Gasteiger partial charge >= 0.3 is 5.97 Å². The number of carbonyl (C=O) groups excluding carboxylic acids is 2. The van der Waals surface area contributed by atoms with Crippen LogP contribution in [-0.2, 0) is 11.8 Å². The lowest BCUT2D eigenvalue weighted by atomic mass is 10.1. The normalized spacial score (nSPS) is 12.5. The molecule has 1 amide bonds. The van der Waals surface area contributed by atoms with Crippen molar-refractivity contribution in [1.82, 2.24) is 15.1 Å². The zero-order chi connectivity index (χ0) is 17.9. The van der Waals surface area contributed by atoms with Crippen molar-refractivity contribution in [2.24, 2.45) is 7.05 Å². The van der Waals surface area contributed by atoms with Crippen molar-refractivity contribution in [3.63, 3.8) is 0 Å². The molecule has 1 N–H and O–H groups in total. The second-order valence-corrected chi connectivity index (χ2v) is 6.72. The summed E-state index contributed by atoms with van der Waals surface area (Å²) in [7, 11) is 1.83. The first-order valence-electron chi connectivity index (χ1n) is 7.78. The van der Waals surface area contributed by atoms with Crippen molar-refractivity contribution in [3.8, 4) is 0 Å². The molecule has 6 nitrogen and oxygen atoms in total. The molecule has 6 heteroatoms. The lowest BCUT2D eigenvalue weighted by Gasteiger charge is -2.19. The molecule has 2 aromatic rings. The smallest absolute Gasteiger partial charge is 0.338 e. The van der Waals surface area contributed by atoms with E-state index in [2.05, 4.69) is 10.4 Å². The van der Waals surface area contributed by atoms with E-state index in [1.54, 1.807) is 35.1 Å². The number of ether oxygens (including phenoxy) is 1. The van der Waals surface area contributed by atoms with E-state index in [1.807, 2.05) is 40.9 Å². The molecule has 1 aromatic carbocycles. The molecule has 2 rings (SSSR count). The number of nitrogens with zero attached hydrogens (tertiary/aromatic N) is 2. The number of amides is 1. The Morgan fingerprint density at radius 3 is 2.25 bits per heavy atom. The van der Waals surface area contributed by atoms with Crippen molar-refractivity contribution >= 4 is 11.9 Å². The van der Waals surface area contributed by atoms with Crippen LogP contribution in [0.3, 0.4) is 0 Å². The third-order valence-corrected chi connectivity index (χ3v) is 3.35. The molecule has 0 fully saturated rings. The summed E-state index contributed by atoms with van der Waals surface area (Å²) in [6.07, 6.45) is 3.58. The summed E-state index contributed by atoms with van der Waals surface area (Å²) in [4.78, 5) is 24.3. The van der Waals surface area contributed by atoms with Gasteiger partial charge in [0, 0.05) is 24.4 Å². The number of benzene rings is 1. The third kappa shape index (κ3) is 4.68. The van der Waals surface area contributed by atoms with Crippen LogP contribution >= 0.6 is 0 Å². The monoisotopic (exact) mass is 329 g/mol. The predicted octanol–water partition coefficient (Wildman–Crippen LogP) is 2.87. The zero-order valence-corrected chi connectivity index (χ0v) is 14.7. The highest BCUT2D eigenvalue weighted by atomic mass is 16.6. The Balaban J connectivity index is 2.02. The van der Waals surface area contributed by atoms with E-state index in [0.717, 1.165) is 5.56 Å². The van der Waals surface area contributed by atoms with Crippen LogP contribution in [-0.4, -0.2) is 27.3 Å². The summed E-state index contributed by atoms with van der Waals surface area (Å²) in [5.41, 5.74) is 1.28. The molecule has 0 aliphatic heterocycles. The molecule has 0 aliphatic rings. The van der Waals surface area contributed by atoms with Crippen molar-refractivity contribution in [3.05, 3.63) is 53.3 Å². The lowest BCUT2D eigenvalue weighted by molar-refractivity contribution is 0.00693. The molecule has 0 radical (unpaired) electrons. The van der Waals surface area contributed by atoms with Gasteiger partial charge in [-0.2, -0.15) is 5.10 Å². The number of carbonyl (C=O) groups is 2. The van der Waals surface area contributed by atoms with Crippen molar-refractivity contribution < 1.29 is 14.3 Å². The molecule has 0 saturated carbocycles. The van der Waals surface area contributed by atoms with Crippen LogP contribution in [0, 0.1) is 0 Å². The topological polar surface area (TPSA) is 73.2 Å². The number of esters is 1. The third-order valence-electron chi connectivity index (χ3n) is 3.35. The molecule has 0 aliphatic carbocycles. The first-order chi connectivity index (χ1) is 11.2. The quantitative estimate of drug-likeness (QED) is 0.875. The Labute approximate surface area is 141 Å². The van der Waals surface area contributed by atoms with Gasteiger partial charge in [-0.15, -0.1) is 0 Å². The molecule has 0 bridgehead atoms. The minimum atomic E-state index is -0.549. The van der Waals surface area contributed by atoms with Crippen molar-refractivity contribution in [2.75, 3.05) is 0 Å². The second-order valence-electron chi connectivity index (χ2n) is 6.72. The lowest BCUT2D eigenvalue weighted by Crippen LogP contribution is -2.26. The summed E-state index contributed by atoms with van der Waals surface area (Å²) < 4.78 is 6.99. The largest absolute Gasteiger partial charge is 0.456 e. The minimum Gasteiger partial charge on any atom is -0.456 e. The van der Waals surface area contributed by atoms with Crippen LogP contribution in [0.15, 0.2) is 36.7 Å². The Bertz CT molecular complexity index is 727. The summed E-state index contributed by atoms with van der Waals surface area (Å²) >= 11 is 0. The average Bonchev–Trinajstić information content (AvgIpc) is 2.92. The Morgan fingerprint density at radius 1 is 1.17 bits per heavy atom. The van der Waals surface area contributed by atoms with E-state index in [0.29, 0.717) is 11.1 Å². The fourth-order valence-electron chi connectivity index (χ4n) is 2.12. The number of aromatic nitrogens is 2. The van der Waals surface area contributed by atoms with Gasteiger partial charge in [0.2, 0.25) is 0 Å². The molecule has 1 atom stereocenters. The summed E-state index contributed by atoms with van der Waals surface area (Å²) in [6.45, 7) is 7.33. The van der Waals surface area contributed by atoms with E-state index in [1.165, 1.54) is 0 Å². The van der Waals surface area contributed by atoms with E-state index in [4.69, 9.17) is 4.74 Å². The zero-order valence-electron chi connectivity index (χ0n) is 14.7. The molecule has 1 aromatic heterocycles.